The van der Waals surface area contributed by atoms with Crippen LogP contribution in [0, 0.1) is 19.8 Å². The van der Waals surface area contributed by atoms with Gasteiger partial charge in [0.1, 0.15) is 17.4 Å². The fourth-order valence-electron chi connectivity index (χ4n) is 3.15. The van der Waals surface area contributed by atoms with Crippen LogP contribution in [-0.4, -0.2) is 39.5 Å². The maximum Gasteiger partial charge on any atom is 0.248 e. The molecule has 6 nitrogen and oxygen atoms in total. The van der Waals surface area contributed by atoms with E-state index in [9.17, 15) is 9.59 Å². The van der Waals surface area contributed by atoms with E-state index in [1.165, 1.54) is 0 Å². The van der Waals surface area contributed by atoms with E-state index in [0.717, 1.165) is 25.7 Å². The first kappa shape index (κ1) is 15.4. The number of nitrogens with one attached hydrogen (secondary N) is 1. The molecule has 1 unspecified atom stereocenters. The lowest BCUT2D eigenvalue weighted by molar-refractivity contribution is -0.139. The second kappa shape index (κ2) is 6.32. The summed E-state index contributed by atoms with van der Waals surface area (Å²) in [6.45, 7) is 3.55. The van der Waals surface area contributed by atoms with Crippen molar-refractivity contribution in [3.05, 3.63) is 11.5 Å². The van der Waals surface area contributed by atoms with Gasteiger partial charge in [-0.05, 0) is 26.7 Å². The van der Waals surface area contributed by atoms with E-state index in [0.29, 0.717) is 28.8 Å². The Morgan fingerprint density at radius 1 is 1.32 bits per heavy atom. The molecule has 2 heterocycles. The Kier molecular flexibility index (Phi) is 4.42. The summed E-state index contributed by atoms with van der Waals surface area (Å²) in [5.74, 6) is 1.94. The summed E-state index contributed by atoms with van der Waals surface area (Å²) in [7, 11) is 0. The highest BCUT2D eigenvalue weighted by atomic mass is 32.2. The third-order valence-corrected chi connectivity index (χ3v) is 5.47. The highest BCUT2D eigenvalue weighted by Crippen LogP contribution is 2.31. The first-order valence-electron chi connectivity index (χ1n) is 7.70. The van der Waals surface area contributed by atoms with Gasteiger partial charge in [-0.2, -0.15) is 0 Å². The van der Waals surface area contributed by atoms with Crippen molar-refractivity contribution in [2.75, 3.05) is 16.9 Å². The fraction of sp³-hybridized carbons (Fsp3) is 0.667. The Morgan fingerprint density at radius 2 is 2.05 bits per heavy atom. The molecule has 120 valence electrons. The molecule has 2 fully saturated rings. The Morgan fingerprint density at radius 3 is 2.68 bits per heavy atom. The second-order valence-corrected chi connectivity index (χ2v) is 6.99. The van der Waals surface area contributed by atoms with Crippen molar-refractivity contribution >= 4 is 29.3 Å². The Labute approximate surface area is 134 Å². The summed E-state index contributed by atoms with van der Waals surface area (Å²) in [6.07, 6.45) is 4.15. The van der Waals surface area contributed by atoms with Gasteiger partial charge in [-0.1, -0.05) is 18.0 Å². The molecular formula is C15H21N3O3S. The molecule has 0 spiro atoms. The summed E-state index contributed by atoms with van der Waals surface area (Å²) in [5.41, 5.74) is 1.28. The van der Waals surface area contributed by atoms with Crippen LogP contribution in [0.1, 0.15) is 37.1 Å². The molecule has 3 rings (SSSR count). The number of nitrogens with zero attached hydrogens (tertiary/aromatic N) is 2. The predicted octanol–water partition coefficient (Wildman–Crippen LogP) is 2.32. The number of thioether (sulfide) groups is 1. The lowest BCUT2D eigenvalue weighted by atomic mass is 10.1. The van der Waals surface area contributed by atoms with Gasteiger partial charge in [-0.15, -0.1) is 11.8 Å². The molecule has 0 radical (unpaired) electrons. The second-order valence-electron chi connectivity index (χ2n) is 5.99. The largest absolute Gasteiger partial charge is 0.359 e. The zero-order chi connectivity index (χ0) is 15.7. The van der Waals surface area contributed by atoms with Crippen molar-refractivity contribution in [3.8, 4) is 0 Å². The number of aryl methyl sites for hydroxylation is 2. The fourth-order valence-corrected chi connectivity index (χ4v) is 4.32. The molecule has 1 aromatic heterocycles. The molecule has 2 amide bonds. The monoisotopic (exact) mass is 323 g/mol. The first-order chi connectivity index (χ1) is 10.6. The van der Waals surface area contributed by atoms with Gasteiger partial charge >= 0.3 is 0 Å². The maximum atomic E-state index is 12.6. The number of rotatable bonds is 3. The Bertz CT molecular complexity index is 561. The third-order valence-electron chi connectivity index (χ3n) is 4.45. The van der Waals surface area contributed by atoms with Crippen molar-refractivity contribution < 1.29 is 14.1 Å². The van der Waals surface area contributed by atoms with Crippen LogP contribution in [0.4, 0.5) is 5.69 Å². The Hall–Kier alpha value is -1.50. The number of hydrogen-bond acceptors (Lipinski definition) is 5. The topological polar surface area (TPSA) is 75.4 Å². The van der Waals surface area contributed by atoms with Crippen molar-refractivity contribution in [2.45, 2.75) is 45.6 Å². The normalized spacial score (nSPS) is 22.3. The lowest BCUT2D eigenvalue weighted by Crippen LogP contribution is -2.46. The molecule has 1 aromatic rings. The third kappa shape index (κ3) is 2.86. The quantitative estimate of drug-likeness (QED) is 0.924. The van der Waals surface area contributed by atoms with Crippen LogP contribution in [0.25, 0.3) is 0 Å². The molecule has 1 aliphatic carbocycles. The van der Waals surface area contributed by atoms with Gasteiger partial charge in [0.25, 0.3) is 0 Å². The average Bonchev–Trinajstić information content (AvgIpc) is 3.23. The SMILES string of the molecule is Cc1noc(C)c1NC(=O)C1CSCN1C(=O)C1CCCC1. The summed E-state index contributed by atoms with van der Waals surface area (Å²) in [6, 6.07) is -0.396. The van der Waals surface area contributed by atoms with Crippen LogP contribution in [0.2, 0.25) is 0 Å². The zero-order valence-corrected chi connectivity index (χ0v) is 13.7. The van der Waals surface area contributed by atoms with Crippen molar-refractivity contribution in [1.29, 1.82) is 0 Å². The van der Waals surface area contributed by atoms with Crippen molar-refractivity contribution in [2.24, 2.45) is 5.92 Å². The number of hydrogen-bond donors (Lipinski definition) is 1. The summed E-state index contributed by atoms with van der Waals surface area (Å²) in [4.78, 5) is 26.9. The van der Waals surface area contributed by atoms with Crippen LogP contribution in [0.3, 0.4) is 0 Å². The molecule has 7 heteroatoms. The van der Waals surface area contributed by atoms with Crippen LogP contribution in [-0.2, 0) is 9.59 Å². The molecule has 22 heavy (non-hydrogen) atoms. The van der Waals surface area contributed by atoms with Gasteiger partial charge in [0.15, 0.2) is 5.76 Å². The summed E-state index contributed by atoms with van der Waals surface area (Å²) < 4.78 is 5.06. The van der Waals surface area contributed by atoms with Crippen LogP contribution in [0.5, 0.6) is 0 Å². The number of anilines is 1. The van der Waals surface area contributed by atoms with Gasteiger partial charge in [-0.3, -0.25) is 9.59 Å². The van der Waals surface area contributed by atoms with E-state index in [1.807, 2.05) is 0 Å². The van der Waals surface area contributed by atoms with Gasteiger partial charge in [0.2, 0.25) is 11.8 Å². The van der Waals surface area contributed by atoms with Crippen molar-refractivity contribution in [3.63, 3.8) is 0 Å². The highest BCUT2D eigenvalue weighted by Gasteiger charge is 2.38. The highest BCUT2D eigenvalue weighted by molar-refractivity contribution is 7.99. The van der Waals surface area contributed by atoms with Crippen LogP contribution < -0.4 is 5.32 Å². The molecule has 1 aliphatic heterocycles. The van der Waals surface area contributed by atoms with E-state index in [1.54, 1.807) is 30.5 Å². The molecule has 0 aromatic carbocycles. The van der Waals surface area contributed by atoms with Gasteiger partial charge in [-0.25, -0.2) is 0 Å². The zero-order valence-electron chi connectivity index (χ0n) is 12.9. The van der Waals surface area contributed by atoms with Gasteiger partial charge in [0.05, 0.1) is 5.88 Å². The van der Waals surface area contributed by atoms with E-state index in [4.69, 9.17) is 4.52 Å². The van der Waals surface area contributed by atoms with Crippen LogP contribution in [0.15, 0.2) is 4.52 Å². The summed E-state index contributed by atoms with van der Waals surface area (Å²) >= 11 is 1.63. The number of amides is 2. The molecule has 1 saturated heterocycles. The van der Waals surface area contributed by atoms with Gasteiger partial charge < -0.3 is 14.7 Å². The number of carbonyl (C=O) groups excluding carboxylic acids is 2. The minimum atomic E-state index is -0.396. The molecule has 2 aliphatic rings. The average molecular weight is 323 g/mol. The molecule has 0 bridgehead atoms. The summed E-state index contributed by atoms with van der Waals surface area (Å²) in [5, 5.41) is 6.71. The number of aromatic nitrogens is 1. The minimum absolute atomic E-state index is 0.105. The molecular weight excluding hydrogens is 302 g/mol. The van der Waals surface area contributed by atoms with Gasteiger partial charge in [0, 0.05) is 11.7 Å². The predicted molar refractivity (Wildman–Crippen MR) is 84.5 cm³/mol. The number of carbonyl (C=O) groups is 2. The Balaban J connectivity index is 1.69. The van der Waals surface area contributed by atoms with E-state index < -0.39 is 6.04 Å². The van der Waals surface area contributed by atoms with E-state index >= 15 is 0 Å². The molecule has 1 atom stereocenters. The minimum Gasteiger partial charge on any atom is -0.359 e. The molecule has 1 saturated carbocycles. The molecule has 1 N–H and O–H groups in total. The van der Waals surface area contributed by atoms with E-state index in [-0.39, 0.29) is 17.7 Å². The van der Waals surface area contributed by atoms with Crippen LogP contribution >= 0.6 is 11.8 Å². The van der Waals surface area contributed by atoms with E-state index in [2.05, 4.69) is 10.5 Å². The van der Waals surface area contributed by atoms with Crippen molar-refractivity contribution in [1.82, 2.24) is 10.1 Å². The lowest BCUT2D eigenvalue weighted by Gasteiger charge is -2.25. The first-order valence-corrected chi connectivity index (χ1v) is 8.85. The standard InChI is InChI=1S/C15H21N3O3S/c1-9-13(10(2)21-17-9)16-14(19)12-7-22-8-18(12)15(20)11-5-3-4-6-11/h11-12H,3-8H2,1-2H3,(H,16,19). The smallest absolute Gasteiger partial charge is 0.248 e. The maximum absolute atomic E-state index is 12.6.